The van der Waals surface area contributed by atoms with Gasteiger partial charge in [-0.05, 0) is 24.1 Å². The molecule has 0 amide bonds. The highest BCUT2D eigenvalue weighted by Crippen LogP contribution is 2.41. The topological polar surface area (TPSA) is 39.4 Å². The second kappa shape index (κ2) is 4.67. The van der Waals surface area contributed by atoms with Gasteiger partial charge in [0.05, 0.1) is 12.5 Å². The number of hydrogen-bond donors (Lipinski definition) is 0. The molecule has 2 aromatic rings. The van der Waals surface area contributed by atoms with Crippen molar-refractivity contribution in [3.63, 3.8) is 0 Å². The van der Waals surface area contributed by atoms with E-state index < -0.39 is 5.60 Å². The summed E-state index contributed by atoms with van der Waals surface area (Å²) in [4.78, 5) is 12.0. The Balaban J connectivity index is 2.00. The number of furan rings is 1. The molecular weight excluding hydrogens is 252 g/mol. The van der Waals surface area contributed by atoms with E-state index in [0.717, 1.165) is 5.56 Å². The number of rotatable bonds is 3. The van der Waals surface area contributed by atoms with Crippen LogP contribution in [0.5, 0.6) is 0 Å². The highest BCUT2D eigenvalue weighted by molar-refractivity contribution is 5.87. The summed E-state index contributed by atoms with van der Waals surface area (Å²) in [6, 6.07) is 10.0. The Morgan fingerprint density at radius 3 is 2.40 bits per heavy atom. The molecule has 3 heteroatoms. The van der Waals surface area contributed by atoms with E-state index in [4.69, 9.17) is 9.15 Å². The van der Waals surface area contributed by atoms with E-state index in [9.17, 15) is 4.79 Å². The first kappa shape index (κ1) is 12.7. The molecule has 1 heterocycles. The number of ether oxygens (including phenoxy) is 1. The highest BCUT2D eigenvalue weighted by Gasteiger charge is 2.43. The minimum atomic E-state index is -0.674. The molecule has 0 atom stereocenters. The fraction of sp³-hybridized carbons (Fsp3) is 0.235. The maximum absolute atomic E-state index is 12.0. The van der Waals surface area contributed by atoms with Crippen LogP contribution in [0.2, 0.25) is 0 Å². The van der Waals surface area contributed by atoms with Crippen molar-refractivity contribution in [2.75, 3.05) is 0 Å². The Hall–Kier alpha value is -2.29. The Bertz CT molecular complexity index is 628. The molecule has 3 nitrogen and oxygen atoms in total. The molecule has 0 saturated carbocycles. The van der Waals surface area contributed by atoms with Crippen LogP contribution in [0.1, 0.15) is 23.6 Å². The van der Waals surface area contributed by atoms with Crippen LogP contribution in [0, 0.1) is 0 Å². The number of carbonyl (C=O) groups excluding carboxylic acids is 1. The van der Waals surface area contributed by atoms with Crippen LogP contribution >= 0.6 is 0 Å². The third-order valence-corrected chi connectivity index (χ3v) is 3.75. The van der Waals surface area contributed by atoms with Gasteiger partial charge in [-0.25, -0.2) is 4.79 Å². The molecule has 102 valence electrons. The van der Waals surface area contributed by atoms with Gasteiger partial charge in [0.1, 0.15) is 5.60 Å². The van der Waals surface area contributed by atoms with Gasteiger partial charge in [0.25, 0.3) is 0 Å². The van der Waals surface area contributed by atoms with Crippen molar-refractivity contribution in [2.45, 2.75) is 25.4 Å². The maximum Gasteiger partial charge on any atom is 0.334 e. The van der Waals surface area contributed by atoms with Crippen molar-refractivity contribution >= 4 is 5.97 Å². The minimum absolute atomic E-state index is 0.362. The van der Waals surface area contributed by atoms with E-state index in [1.165, 1.54) is 11.1 Å². The zero-order valence-corrected chi connectivity index (χ0v) is 11.4. The zero-order valence-electron chi connectivity index (χ0n) is 11.4. The number of hydrogen-bond acceptors (Lipinski definition) is 3. The summed E-state index contributed by atoms with van der Waals surface area (Å²) in [5.41, 5.74) is 3.05. The third kappa shape index (κ3) is 2.05. The summed E-state index contributed by atoms with van der Waals surface area (Å²) in [5, 5.41) is 0. The van der Waals surface area contributed by atoms with Crippen molar-refractivity contribution in [1.29, 1.82) is 0 Å². The Labute approximate surface area is 117 Å². The average Bonchev–Trinajstić information content (AvgIpc) is 3.06. The first-order chi connectivity index (χ1) is 9.61. The summed E-state index contributed by atoms with van der Waals surface area (Å²) in [7, 11) is 0. The number of fused-ring (bicyclic) bond motifs is 1. The highest BCUT2D eigenvalue weighted by atomic mass is 16.6. The van der Waals surface area contributed by atoms with Crippen molar-refractivity contribution < 1.29 is 13.9 Å². The van der Waals surface area contributed by atoms with Gasteiger partial charge in [-0.1, -0.05) is 30.8 Å². The molecule has 20 heavy (non-hydrogen) atoms. The molecular formula is C17H16O3. The molecule has 1 aromatic carbocycles. The van der Waals surface area contributed by atoms with E-state index in [-0.39, 0.29) is 5.97 Å². The first-order valence-electron chi connectivity index (χ1n) is 6.59. The largest absolute Gasteiger partial charge is 0.472 e. The van der Waals surface area contributed by atoms with Gasteiger partial charge < -0.3 is 9.15 Å². The van der Waals surface area contributed by atoms with Gasteiger partial charge >= 0.3 is 5.97 Å². The van der Waals surface area contributed by atoms with Crippen molar-refractivity contribution in [1.82, 2.24) is 0 Å². The fourth-order valence-electron chi connectivity index (χ4n) is 2.70. The van der Waals surface area contributed by atoms with Gasteiger partial charge in [-0.3, -0.25) is 0 Å². The SMILES string of the molecule is C=C(C)C(=O)OC1(c2ccoc2)Cc2ccccc2C1. The van der Waals surface area contributed by atoms with E-state index in [0.29, 0.717) is 18.4 Å². The van der Waals surface area contributed by atoms with Crippen molar-refractivity contribution in [2.24, 2.45) is 0 Å². The molecule has 0 saturated heterocycles. The van der Waals surface area contributed by atoms with E-state index >= 15 is 0 Å². The molecule has 1 aliphatic rings. The molecule has 0 unspecified atom stereocenters. The standard InChI is InChI=1S/C17H16O3/c1-12(2)16(18)20-17(15-7-8-19-11-15)9-13-5-3-4-6-14(13)10-17/h3-8,11H,1,9-10H2,2H3. The van der Waals surface area contributed by atoms with E-state index in [1.54, 1.807) is 19.5 Å². The van der Waals surface area contributed by atoms with E-state index in [1.807, 2.05) is 18.2 Å². The predicted octanol–water partition coefficient (Wildman–Crippen LogP) is 3.39. The molecule has 0 aliphatic heterocycles. The fourth-order valence-corrected chi connectivity index (χ4v) is 2.70. The van der Waals surface area contributed by atoms with Crippen LogP contribution in [0.15, 0.2) is 59.4 Å². The summed E-state index contributed by atoms with van der Waals surface area (Å²) >= 11 is 0. The Morgan fingerprint density at radius 1 is 1.25 bits per heavy atom. The van der Waals surface area contributed by atoms with Gasteiger partial charge in [-0.2, -0.15) is 0 Å². The second-order valence-corrected chi connectivity index (χ2v) is 5.30. The summed E-state index contributed by atoms with van der Waals surface area (Å²) in [6.45, 7) is 5.32. The van der Waals surface area contributed by atoms with Crippen LogP contribution in [-0.2, 0) is 28.0 Å². The summed E-state index contributed by atoms with van der Waals surface area (Å²) in [5.74, 6) is -0.362. The average molecular weight is 268 g/mol. The van der Waals surface area contributed by atoms with Crippen molar-refractivity contribution in [3.05, 3.63) is 71.7 Å². The molecule has 0 bridgehead atoms. The molecule has 0 fully saturated rings. The first-order valence-corrected chi connectivity index (χ1v) is 6.59. The summed E-state index contributed by atoms with van der Waals surface area (Å²) < 4.78 is 11.0. The smallest absolute Gasteiger partial charge is 0.334 e. The molecule has 3 rings (SSSR count). The Kier molecular flexibility index (Phi) is 2.97. The quantitative estimate of drug-likeness (QED) is 0.632. The lowest BCUT2D eigenvalue weighted by atomic mass is 9.92. The van der Waals surface area contributed by atoms with Gasteiger partial charge in [0.15, 0.2) is 0 Å². The minimum Gasteiger partial charge on any atom is -0.472 e. The van der Waals surface area contributed by atoms with Gasteiger partial charge in [0, 0.05) is 24.0 Å². The molecule has 0 N–H and O–H groups in total. The normalized spacial score (nSPS) is 15.7. The number of benzene rings is 1. The number of carbonyl (C=O) groups is 1. The van der Waals surface area contributed by atoms with Crippen LogP contribution in [0.3, 0.4) is 0 Å². The lowest BCUT2D eigenvalue weighted by molar-refractivity contribution is -0.155. The second-order valence-electron chi connectivity index (χ2n) is 5.30. The predicted molar refractivity (Wildman–Crippen MR) is 75.1 cm³/mol. The molecule has 0 spiro atoms. The lowest BCUT2D eigenvalue weighted by Crippen LogP contribution is -2.33. The van der Waals surface area contributed by atoms with Gasteiger partial charge in [-0.15, -0.1) is 0 Å². The Morgan fingerprint density at radius 2 is 1.90 bits per heavy atom. The van der Waals surface area contributed by atoms with Crippen LogP contribution in [0.25, 0.3) is 0 Å². The van der Waals surface area contributed by atoms with Gasteiger partial charge in [0.2, 0.25) is 0 Å². The lowest BCUT2D eigenvalue weighted by Gasteiger charge is -2.28. The molecule has 1 aliphatic carbocycles. The molecule has 1 aromatic heterocycles. The van der Waals surface area contributed by atoms with Crippen LogP contribution in [-0.4, -0.2) is 5.97 Å². The van der Waals surface area contributed by atoms with Crippen LogP contribution < -0.4 is 0 Å². The number of esters is 1. The van der Waals surface area contributed by atoms with Crippen LogP contribution in [0.4, 0.5) is 0 Å². The van der Waals surface area contributed by atoms with E-state index in [2.05, 4.69) is 18.7 Å². The zero-order chi connectivity index (χ0) is 14.2. The summed E-state index contributed by atoms with van der Waals surface area (Å²) in [6.07, 6.45) is 4.59. The maximum atomic E-state index is 12.0. The monoisotopic (exact) mass is 268 g/mol. The third-order valence-electron chi connectivity index (χ3n) is 3.75. The van der Waals surface area contributed by atoms with Crippen molar-refractivity contribution in [3.8, 4) is 0 Å². The molecule has 0 radical (unpaired) electrons.